The van der Waals surface area contributed by atoms with Gasteiger partial charge >= 0.3 is 6.61 Å². The number of alkyl halides is 2. The first-order chi connectivity index (χ1) is 12.0. The monoisotopic (exact) mass is 352 g/mol. The molecule has 3 rings (SSSR count). The van der Waals surface area contributed by atoms with Gasteiger partial charge in [0.25, 0.3) is 0 Å². The van der Waals surface area contributed by atoms with Gasteiger partial charge in [0.15, 0.2) is 0 Å². The van der Waals surface area contributed by atoms with E-state index in [4.69, 9.17) is 0 Å². The first-order valence-corrected chi connectivity index (χ1v) is 8.16. The number of ether oxygens (including phenoxy) is 1. The molecule has 0 aromatic heterocycles. The Morgan fingerprint density at radius 1 is 1.16 bits per heavy atom. The number of amides is 3. The highest BCUT2D eigenvalue weighted by Crippen LogP contribution is 2.38. The topological polar surface area (TPSA) is 75.7 Å². The van der Waals surface area contributed by atoms with Crippen molar-refractivity contribution in [2.24, 2.45) is 11.8 Å². The molecule has 0 spiro atoms. The average molecular weight is 352 g/mol. The third-order valence-corrected chi connectivity index (χ3v) is 4.61. The van der Waals surface area contributed by atoms with Crippen molar-refractivity contribution >= 4 is 23.4 Å². The molecule has 3 amide bonds. The fourth-order valence-electron chi connectivity index (χ4n) is 3.49. The predicted molar refractivity (Wildman–Crippen MR) is 83.9 cm³/mol. The summed E-state index contributed by atoms with van der Waals surface area (Å²) in [4.78, 5) is 37.9. The van der Waals surface area contributed by atoms with Crippen LogP contribution in [0.2, 0.25) is 0 Å². The molecule has 0 radical (unpaired) electrons. The minimum atomic E-state index is -3.03. The molecule has 1 saturated carbocycles. The highest BCUT2D eigenvalue weighted by Gasteiger charge is 2.48. The molecule has 6 nitrogen and oxygen atoms in total. The van der Waals surface area contributed by atoms with Crippen LogP contribution in [-0.2, 0) is 14.4 Å². The molecule has 1 N–H and O–H groups in total. The van der Waals surface area contributed by atoms with E-state index in [1.165, 1.54) is 18.2 Å². The number of rotatable bonds is 5. The van der Waals surface area contributed by atoms with E-state index in [0.29, 0.717) is 12.8 Å². The number of nitrogens with one attached hydrogen (secondary N) is 1. The molecule has 1 aromatic rings. The maximum Gasteiger partial charge on any atom is 0.387 e. The minimum absolute atomic E-state index is 0.0595. The van der Waals surface area contributed by atoms with Gasteiger partial charge in [0.1, 0.15) is 12.3 Å². The molecule has 1 heterocycles. The number of fused-ring (bicyclic) bond motifs is 1. The molecule has 2 fully saturated rings. The summed E-state index contributed by atoms with van der Waals surface area (Å²) in [6.07, 6.45) is 3.13. The van der Waals surface area contributed by atoms with E-state index in [2.05, 4.69) is 10.1 Å². The molecule has 2 atom stereocenters. The number of carbonyl (C=O) groups excluding carboxylic acids is 3. The minimum Gasteiger partial charge on any atom is -0.433 e. The summed E-state index contributed by atoms with van der Waals surface area (Å²) in [6.45, 7) is -3.45. The summed E-state index contributed by atoms with van der Waals surface area (Å²) in [7, 11) is 0. The molecule has 0 unspecified atom stereocenters. The summed E-state index contributed by atoms with van der Waals surface area (Å²) in [5.41, 5.74) is 0.0595. The van der Waals surface area contributed by atoms with E-state index in [0.717, 1.165) is 17.7 Å². The lowest BCUT2D eigenvalue weighted by Gasteiger charge is -2.19. The zero-order valence-electron chi connectivity index (χ0n) is 13.4. The van der Waals surface area contributed by atoms with Crippen molar-refractivity contribution in [3.8, 4) is 5.75 Å². The van der Waals surface area contributed by atoms with Crippen LogP contribution >= 0.6 is 0 Å². The highest BCUT2D eigenvalue weighted by atomic mass is 19.3. The lowest BCUT2D eigenvalue weighted by atomic mass is 9.81. The molecule has 1 aliphatic carbocycles. The van der Waals surface area contributed by atoms with Crippen LogP contribution in [0.5, 0.6) is 5.75 Å². The molecule has 1 saturated heterocycles. The van der Waals surface area contributed by atoms with Crippen LogP contribution in [0.25, 0.3) is 0 Å². The molecule has 2 aliphatic rings. The van der Waals surface area contributed by atoms with Crippen LogP contribution in [0.4, 0.5) is 14.5 Å². The standard InChI is InChI=1S/C17H18F2N2O4/c18-17(19)25-13-8-4-3-7-12(13)20-14(22)9-21-15(23)10-5-1-2-6-11(10)16(21)24/h3-4,7-8,10-11,17H,1-2,5-6,9H2,(H,20,22)/t10-,11-/m0/s1. The van der Waals surface area contributed by atoms with E-state index in [-0.39, 0.29) is 35.1 Å². The molecule has 1 aliphatic heterocycles. The van der Waals surface area contributed by atoms with E-state index >= 15 is 0 Å². The number of imide groups is 1. The Hall–Kier alpha value is -2.51. The van der Waals surface area contributed by atoms with Crippen LogP contribution in [0.1, 0.15) is 25.7 Å². The average Bonchev–Trinajstić information content (AvgIpc) is 2.82. The first-order valence-electron chi connectivity index (χ1n) is 8.16. The van der Waals surface area contributed by atoms with Crippen LogP contribution in [0.3, 0.4) is 0 Å². The van der Waals surface area contributed by atoms with E-state index in [1.54, 1.807) is 6.07 Å². The second-order valence-electron chi connectivity index (χ2n) is 6.18. The van der Waals surface area contributed by atoms with Crippen molar-refractivity contribution in [1.29, 1.82) is 0 Å². The van der Waals surface area contributed by atoms with Gasteiger partial charge in [0, 0.05) is 0 Å². The Morgan fingerprint density at radius 2 is 1.76 bits per heavy atom. The van der Waals surface area contributed by atoms with Gasteiger partial charge in [0.05, 0.1) is 17.5 Å². The normalized spacial score (nSPS) is 22.9. The van der Waals surface area contributed by atoms with Gasteiger partial charge < -0.3 is 10.1 Å². The maximum atomic E-state index is 12.4. The van der Waals surface area contributed by atoms with Crippen LogP contribution in [0.15, 0.2) is 24.3 Å². The van der Waals surface area contributed by atoms with Gasteiger partial charge in [-0.2, -0.15) is 8.78 Å². The van der Waals surface area contributed by atoms with Gasteiger partial charge in [-0.3, -0.25) is 19.3 Å². The number of anilines is 1. The lowest BCUT2D eigenvalue weighted by molar-refractivity contribution is -0.142. The van der Waals surface area contributed by atoms with E-state index < -0.39 is 19.1 Å². The van der Waals surface area contributed by atoms with Crippen molar-refractivity contribution in [3.63, 3.8) is 0 Å². The second-order valence-corrected chi connectivity index (χ2v) is 6.18. The molecule has 1 aromatic carbocycles. The van der Waals surface area contributed by atoms with Crippen molar-refractivity contribution in [1.82, 2.24) is 4.90 Å². The number of hydrogen-bond donors (Lipinski definition) is 1. The first kappa shape index (κ1) is 17.3. The zero-order chi connectivity index (χ0) is 18.0. The summed E-state index contributed by atoms with van der Waals surface area (Å²) in [6, 6.07) is 5.74. The molecule has 8 heteroatoms. The van der Waals surface area contributed by atoms with Gasteiger partial charge in [-0.05, 0) is 25.0 Å². The van der Waals surface area contributed by atoms with Gasteiger partial charge in [-0.15, -0.1) is 0 Å². The second kappa shape index (κ2) is 7.16. The van der Waals surface area contributed by atoms with Crippen LogP contribution in [-0.4, -0.2) is 35.8 Å². The molecule has 0 bridgehead atoms. The van der Waals surface area contributed by atoms with Crippen molar-refractivity contribution < 1.29 is 27.9 Å². The predicted octanol–water partition coefficient (Wildman–Crippen LogP) is 2.40. The van der Waals surface area contributed by atoms with E-state index in [1.807, 2.05) is 0 Å². The highest BCUT2D eigenvalue weighted by molar-refractivity contribution is 6.08. The van der Waals surface area contributed by atoms with Crippen molar-refractivity contribution in [2.45, 2.75) is 32.3 Å². The summed E-state index contributed by atoms with van der Waals surface area (Å²) in [5.74, 6) is -2.11. The molecular weight excluding hydrogens is 334 g/mol. The number of hydrogen-bond acceptors (Lipinski definition) is 4. The Labute approximate surface area is 143 Å². The van der Waals surface area contributed by atoms with Crippen molar-refractivity contribution in [2.75, 3.05) is 11.9 Å². The fraction of sp³-hybridized carbons (Fsp3) is 0.471. The van der Waals surface area contributed by atoms with Gasteiger partial charge in [0.2, 0.25) is 17.7 Å². The summed E-state index contributed by atoms with van der Waals surface area (Å²) < 4.78 is 29.2. The third-order valence-electron chi connectivity index (χ3n) is 4.61. The SMILES string of the molecule is O=C(CN1C(=O)[C@H]2CCCC[C@@H]2C1=O)Nc1ccccc1OC(F)F. The number of benzene rings is 1. The Morgan fingerprint density at radius 3 is 2.36 bits per heavy atom. The Kier molecular flexibility index (Phi) is 4.96. The number of nitrogens with zero attached hydrogens (tertiary/aromatic N) is 1. The third kappa shape index (κ3) is 3.62. The van der Waals surface area contributed by atoms with Gasteiger partial charge in [-0.1, -0.05) is 25.0 Å². The number of likely N-dealkylation sites (tertiary alicyclic amines) is 1. The van der Waals surface area contributed by atoms with Crippen LogP contribution < -0.4 is 10.1 Å². The molecule has 134 valence electrons. The largest absolute Gasteiger partial charge is 0.433 e. The Balaban J connectivity index is 1.67. The molecular formula is C17H18F2N2O4. The summed E-state index contributed by atoms with van der Waals surface area (Å²) in [5, 5.41) is 2.42. The molecule has 25 heavy (non-hydrogen) atoms. The fourth-order valence-corrected chi connectivity index (χ4v) is 3.49. The number of carbonyl (C=O) groups is 3. The quantitative estimate of drug-likeness (QED) is 0.826. The lowest BCUT2D eigenvalue weighted by Crippen LogP contribution is -2.38. The Bertz CT molecular complexity index is 671. The number of para-hydroxylation sites is 2. The van der Waals surface area contributed by atoms with Gasteiger partial charge in [-0.25, -0.2) is 0 Å². The number of halogens is 2. The van der Waals surface area contributed by atoms with Crippen molar-refractivity contribution in [3.05, 3.63) is 24.3 Å². The van der Waals surface area contributed by atoms with Crippen LogP contribution in [0, 0.1) is 11.8 Å². The maximum absolute atomic E-state index is 12.4. The summed E-state index contributed by atoms with van der Waals surface area (Å²) >= 11 is 0. The zero-order valence-corrected chi connectivity index (χ0v) is 13.4. The smallest absolute Gasteiger partial charge is 0.387 e. The van der Waals surface area contributed by atoms with E-state index in [9.17, 15) is 23.2 Å².